The van der Waals surface area contributed by atoms with Crippen LogP contribution in [0.15, 0.2) is 47.4 Å². The maximum Gasteiger partial charge on any atom is 0.394 e. The van der Waals surface area contributed by atoms with Gasteiger partial charge in [0.2, 0.25) is 5.95 Å². The summed E-state index contributed by atoms with van der Waals surface area (Å²) < 4.78 is 72.6. The highest BCUT2D eigenvalue weighted by Crippen LogP contribution is 2.24. The van der Waals surface area contributed by atoms with Crippen LogP contribution in [0.25, 0.3) is 0 Å². The van der Waals surface area contributed by atoms with E-state index in [1.54, 1.807) is 24.3 Å². The third kappa shape index (κ3) is 9.94. The van der Waals surface area contributed by atoms with Crippen molar-refractivity contribution in [3.8, 4) is 5.75 Å². The summed E-state index contributed by atoms with van der Waals surface area (Å²) in [6.45, 7) is 0.356. The summed E-state index contributed by atoms with van der Waals surface area (Å²) in [5.74, 6) is 0.329. The first-order valence-corrected chi connectivity index (χ1v) is 13.4. The van der Waals surface area contributed by atoms with E-state index in [1.807, 2.05) is 0 Å². The number of benzene rings is 2. The molecule has 2 aromatic carbocycles. The molecule has 1 amide bonds. The highest BCUT2D eigenvalue weighted by Gasteiger charge is 2.18. The number of anilines is 4. The Morgan fingerprint density at radius 1 is 1.00 bits per heavy atom. The molecule has 3 aromatic rings. The lowest BCUT2D eigenvalue weighted by Crippen LogP contribution is -2.13. The van der Waals surface area contributed by atoms with E-state index >= 15 is 0 Å². The fourth-order valence-corrected chi connectivity index (χ4v) is 3.59. The van der Waals surface area contributed by atoms with Gasteiger partial charge in [0.05, 0.1) is 22.1 Å². The zero-order valence-electron chi connectivity index (χ0n) is 19.2. The number of nitrogens with one attached hydrogen (secondary N) is 1. The minimum absolute atomic E-state index is 0.0135. The van der Waals surface area contributed by atoms with Crippen LogP contribution in [0.2, 0.25) is 5.02 Å². The van der Waals surface area contributed by atoms with E-state index in [1.165, 1.54) is 0 Å². The molecule has 0 aliphatic carbocycles. The van der Waals surface area contributed by atoms with Crippen LogP contribution in [-0.2, 0) is 27.0 Å². The maximum atomic E-state index is 13.2. The minimum Gasteiger partial charge on any atom is -0.494 e. The lowest BCUT2D eigenvalue weighted by Gasteiger charge is -2.11. The van der Waals surface area contributed by atoms with Crippen LogP contribution in [0, 0.1) is 0 Å². The molecule has 38 heavy (non-hydrogen) atoms. The van der Waals surface area contributed by atoms with Crippen molar-refractivity contribution in [2.24, 2.45) is 0 Å². The fourth-order valence-electron chi connectivity index (χ4n) is 2.90. The number of nitrogen functional groups attached to an aromatic ring is 3. The number of carbonyl (C=O) groups is 1. The molecular weight excluding hydrogens is 571 g/mol. The smallest absolute Gasteiger partial charge is 0.394 e. The predicted octanol–water partition coefficient (Wildman–Crippen LogP) is 2.15. The minimum atomic E-state index is -4.97. The molecular formula is C20H22ClFN6O8S2. The molecule has 0 bridgehead atoms. The van der Waals surface area contributed by atoms with Gasteiger partial charge in [-0.25, -0.2) is 0 Å². The van der Waals surface area contributed by atoms with Gasteiger partial charge in [0.15, 0.2) is 0 Å². The van der Waals surface area contributed by atoms with Crippen LogP contribution in [0.4, 0.5) is 27.2 Å². The second-order valence-electron chi connectivity index (χ2n) is 7.29. The average molecular weight is 593 g/mol. The molecule has 1 aromatic heterocycles. The molecule has 0 aliphatic rings. The van der Waals surface area contributed by atoms with E-state index < -0.39 is 31.4 Å². The van der Waals surface area contributed by atoms with Gasteiger partial charge in [-0.05, 0) is 55.3 Å². The number of nitrogens with two attached hydrogens (primary N) is 3. The van der Waals surface area contributed by atoms with E-state index in [0.717, 1.165) is 18.2 Å². The molecule has 0 saturated carbocycles. The predicted molar refractivity (Wildman–Crippen MR) is 137 cm³/mol. The summed E-state index contributed by atoms with van der Waals surface area (Å²) in [5.41, 5.74) is 17.9. The Labute approximate surface area is 221 Å². The molecule has 1 heterocycles. The van der Waals surface area contributed by atoms with Crippen LogP contribution in [0.5, 0.6) is 5.75 Å². The normalized spacial score (nSPS) is 11.3. The van der Waals surface area contributed by atoms with E-state index in [0.29, 0.717) is 36.4 Å². The Balaban J connectivity index is 0.000000926. The number of aromatic nitrogens is 2. The number of halogens is 2. The summed E-state index contributed by atoms with van der Waals surface area (Å²) in [7, 11) is -9.64. The van der Waals surface area contributed by atoms with Crippen molar-refractivity contribution in [1.82, 2.24) is 9.97 Å². The zero-order valence-corrected chi connectivity index (χ0v) is 21.6. The average Bonchev–Trinajstić information content (AvgIpc) is 2.77. The summed E-state index contributed by atoms with van der Waals surface area (Å²) >= 11 is 5.95. The van der Waals surface area contributed by atoms with Gasteiger partial charge in [0.25, 0.3) is 5.91 Å². The number of ether oxygens (including phenoxy) is 1. The summed E-state index contributed by atoms with van der Waals surface area (Å²) in [6.07, 6.45) is 1.09. The lowest BCUT2D eigenvalue weighted by molar-refractivity contribution is 0.102. The van der Waals surface area contributed by atoms with Crippen LogP contribution >= 0.6 is 11.6 Å². The van der Waals surface area contributed by atoms with Crippen molar-refractivity contribution in [1.29, 1.82) is 0 Å². The molecule has 0 atom stereocenters. The molecule has 0 aliphatic heterocycles. The van der Waals surface area contributed by atoms with Crippen molar-refractivity contribution in [3.63, 3.8) is 0 Å². The molecule has 18 heteroatoms. The first-order valence-electron chi connectivity index (χ1n) is 10.2. The number of amides is 1. The summed E-state index contributed by atoms with van der Waals surface area (Å²) in [5, 5.41) is 2.54. The van der Waals surface area contributed by atoms with Crippen LogP contribution < -0.4 is 27.3 Å². The van der Waals surface area contributed by atoms with E-state index in [2.05, 4.69) is 15.3 Å². The Morgan fingerprint density at radius 2 is 1.55 bits per heavy atom. The molecule has 0 spiro atoms. The van der Waals surface area contributed by atoms with Gasteiger partial charge in [0, 0.05) is 11.3 Å². The Bertz CT molecular complexity index is 1490. The fraction of sp³-hybridized carbons (Fsp3) is 0.150. The number of nitrogens with zero attached hydrogens (tertiary/aromatic N) is 2. The van der Waals surface area contributed by atoms with Crippen LogP contribution in [0.3, 0.4) is 0 Å². The molecule has 206 valence electrons. The topological polar surface area (TPSA) is 251 Å². The molecule has 0 fully saturated rings. The van der Waals surface area contributed by atoms with Gasteiger partial charge >= 0.3 is 20.6 Å². The molecule has 0 unspecified atom stereocenters. The van der Waals surface area contributed by atoms with Gasteiger partial charge in [-0.2, -0.15) is 26.8 Å². The van der Waals surface area contributed by atoms with Gasteiger partial charge in [-0.3, -0.25) is 13.9 Å². The highest BCUT2D eigenvalue weighted by atomic mass is 35.5. The molecule has 0 radical (unpaired) electrons. The standard InChI is InChI=1S/C20H20ClFN6O4S.H2O4S/c21-16-8-7-13(33(22,30)31)10-15(16)19(29)26-11-3-5-12(6-4-11)32-9-1-2-14-17(23)27-20(25)28-18(14)24;1-5(2,3)4/h3-8,10H,1-2,9H2,(H,26,29)(H6,23,24,25,27,28);(H2,1,2,3,4). The largest absolute Gasteiger partial charge is 0.494 e. The monoisotopic (exact) mass is 592 g/mol. The molecule has 14 nitrogen and oxygen atoms in total. The Morgan fingerprint density at radius 3 is 2.08 bits per heavy atom. The third-order valence-electron chi connectivity index (χ3n) is 4.50. The van der Waals surface area contributed by atoms with Crippen molar-refractivity contribution in [3.05, 3.63) is 58.6 Å². The number of hydrogen-bond acceptors (Lipinski definition) is 11. The second-order valence-corrected chi connectivity index (χ2v) is 9.94. The van der Waals surface area contributed by atoms with Gasteiger partial charge < -0.3 is 27.3 Å². The maximum absolute atomic E-state index is 13.2. The highest BCUT2D eigenvalue weighted by molar-refractivity contribution is 7.86. The summed E-state index contributed by atoms with van der Waals surface area (Å²) in [4.78, 5) is 19.5. The van der Waals surface area contributed by atoms with Gasteiger partial charge in [-0.15, -0.1) is 3.89 Å². The van der Waals surface area contributed by atoms with Crippen molar-refractivity contribution in [2.45, 2.75) is 17.7 Å². The SMILES string of the molecule is Nc1nc(N)c(CCCOc2ccc(NC(=O)c3cc(S(=O)(=O)F)ccc3Cl)cc2)c(N)n1.O=S(=O)(O)O. The van der Waals surface area contributed by atoms with Crippen LogP contribution in [0.1, 0.15) is 22.3 Å². The number of carbonyl (C=O) groups excluding carboxylic acids is 1. The third-order valence-corrected chi connectivity index (χ3v) is 5.65. The van der Waals surface area contributed by atoms with E-state index in [4.69, 9.17) is 51.1 Å². The van der Waals surface area contributed by atoms with E-state index in [9.17, 15) is 17.1 Å². The van der Waals surface area contributed by atoms with E-state index in [-0.39, 0.29) is 28.2 Å². The van der Waals surface area contributed by atoms with Crippen LogP contribution in [-0.4, -0.2) is 48.4 Å². The second kappa shape index (κ2) is 12.7. The van der Waals surface area contributed by atoms with Crippen molar-refractivity contribution >= 4 is 61.4 Å². The van der Waals surface area contributed by atoms with Gasteiger partial charge in [-0.1, -0.05) is 11.6 Å². The first-order chi connectivity index (χ1) is 17.5. The number of hydrogen-bond donors (Lipinski definition) is 6. The number of rotatable bonds is 8. The van der Waals surface area contributed by atoms with Gasteiger partial charge in [0.1, 0.15) is 17.4 Å². The molecule has 9 N–H and O–H groups in total. The first kappa shape index (κ1) is 30.5. The summed E-state index contributed by atoms with van der Waals surface area (Å²) in [6, 6.07) is 9.42. The molecule has 0 saturated heterocycles. The van der Waals surface area contributed by atoms with Crippen molar-refractivity contribution in [2.75, 3.05) is 29.1 Å². The quantitative estimate of drug-likeness (QED) is 0.125. The Hall–Kier alpha value is -3.77. The van der Waals surface area contributed by atoms with Crippen molar-refractivity contribution < 1.29 is 39.4 Å². The Kier molecular flexibility index (Phi) is 10.1. The lowest BCUT2D eigenvalue weighted by atomic mass is 10.1. The zero-order chi connectivity index (χ0) is 28.7. The molecule has 3 rings (SSSR count).